The molecule has 16 heavy (non-hydrogen) atoms. The van der Waals surface area contributed by atoms with Crippen LogP contribution in [0, 0.1) is 27.7 Å². The summed E-state index contributed by atoms with van der Waals surface area (Å²) in [4.78, 5) is 0. The fourth-order valence-electron chi connectivity index (χ4n) is 2.29. The summed E-state index contributed by atoms with van der Waals surface area (Å²) >= 11 is 0. The first-order valence-electron chi connectivity index (χ1n) is 6.17. The number of methoxy groups -OCH3 is 1. The molecular weight excluding hydrogens is 196 g/mol. The Balaban J connectivity index is 3.33. The summed E-state index contributed by atoms with van der Waals surface area (Å²) in [6.45, 7) is 11.0. The topological polar surface area (TPSA) is 9.23 Å². The molecule has 1 heteroatoms. The molecule has 0 aromatic heterocycles. The van der Waals surface area contributed by atoms with Crippen molar-refractivity contribution in [2.24, 2.45) is 0 Å². The monoisotopic (exact) mass is 220 g/mol. The minimum atomic E-state index is 1.11. The lowest BCUT2D eigenvalue weighted by Crippen LogP contribution is -2.03. The summed E-state index contributed by atoms with van der Waals surface area (Å²) < 4.78 is 5.59. The number of benzene rings is 1. The van der Waals surface area contributed by atoms with Gasteiger partial charge in [0, 0.05) is 0 Å². The van der Waals surface area contributed by atoms with Crippen LogP contribution in [0.15, 0.2) is 0 Å². The average molecular weight is 220 g/mol. The Hall–Kier alpha value is -0.980. The molecule has 1 aromatic rings. The zero-order chi connectivity index (χ0) is 12.3. The standard InChI is InChI=1S/C15H24O/c1-7-8-9-14-12(4)10(2)11(3)13(5)15(14)16-6/h7-9H2,1-6H3. The van der Waals surface area contributed by atoms with E-state index in [-0.39, 0.29) is 0 Å². The number of rotatable bonds is 4. The van der Waals surface area contributed by atoms with Gasteiger partial charge in [-0.1, -0.05) is 13.3 Å². The SMILES string of the molecule is CCCCc1c(C)c(C)c(C)c(C)c1OC. The van der Waals surface area contributed by atoms with Crippen molar-refractivity contribution < 1.29 is 4.74 Å². The maximum atomic E-state index is 5.59. The molecule has 0 aliphatic rings. The number of hydrogen-bond donors (Lipinski definition) is 0. The van der Waals surface area contributed by atoms with Gasteiger partial charge in [-0.2, -0.15) is 0 Å². The molecule has 0 aliphatic carbocycles. The highest BCUT2D eigenvalue weighted by Gasteiger charge is 2.14. The Bertz CT molecular complexity index is 378. The van der Waals surface area contributed by atoms with Crippen LogP contribution in [0.4, 0.5) is 0 Å². The van der Waals surface area contributed by atoms with E-state index in [1.165, 1.54) is 40.7 Å². The van der Waals surface area contributed by atoms with Gasteiger partial charge in [0.2, 0.25) is 0 Å². The van der Waals surface area contributed by atoms with E-state index < -0.39 is 0 Å². The first-order chi connectivity index (χ1) is 7.54. The summed E-state index contributed by atoms with van der Waals surface area (Å²) in [7, 11) is 1.78. The highest BCUT2D eigenvalue weighted by atomic mass is 16.5. The van der Waals surface area contributed by atoms with Crippen molar-refractivity contribution in [2.45, 2.75) is 53.9 Å². The normalized spacial score (nSPS) is 10.6. The van der Waals surface area contributed by atoms with E-state index in [1.807, 2.05) is 0 Å². The van der Waals surface area contributed by atoms with Gasteiger partial charge in [-0.05, 0) is 68.4 Å². The minimum absolute atomic E-state index is 1.11. The van der Waals surface area contributed by atoms with Crippen LogP contribution < -0.4 is 4.74 Å². The van der Waals surface area contributed by atoms with Gasteiger partial charge in [0.25, 0.3) is 0 Å². The molecule has 90 valence electrons. The zero-order valence-electron chi connectivity index (χ0n) is 11.5. The molecular formula is C15H24O. The molecule has 0 aliphatic heterocycles. The molecule has 0 fully saturated rings. The summed E-state index contributed by atoms with van der Waals surface area (Å²) in [6.07, 6.45) is 3.60. The van der Waals surface area contributed by atoms with Gasteiger partial charge in [-0.15, -0.1) is 0 Å². The first kappa shape index (κ1) is 13.1. The molecule has 0 bridgehead atoms. The van der Waals surface area contributed by atoms with Crippen LogP contribution in [0.5, 0.6) is 5.75 Å². The van der Waals surface area contributed by atoms with Gasteiger partial charge in [-0.25, -0.2) is 0 Å². The van der Waals surface area contributed by atoms with Crippen molar-refractivity contribution in [3.8, 4) is 5.75 Å². The maximum Gasteiger partial charge on any atom is 0.125 e. The Labute approximate surface area is 99.8 Å². The second kappa shape index (κ2) is 5.38. The molecule has 0 amide bonds. The molecule has 0 atom stereocenters. The van der Waals surface area contributed by atoms with Crippen molar-refractivity contribution in [1.82, 2.24) is 0 Å². The maximum absolute atomic E-state index is 5.59. The lowest BCUT2D eigenvalue weighted by molar-refractivity contribution is 0.404. The highest BCUT2D eigenvalue weighted by Crippen LogP contribution is 2.33. The van der Waals surface area contributed by atoms with Crippen LogP contribution >= 0.6 is 0 Å². The van der Waals surface area contributed by atoms with Gasteiger partial charge in [0.15, 0.2) is 0 Å². The van der Waals surface area contributed by atoms with E-state index in [0.29, 0.717) is 0 Å². The van der Waals surface area contributed by atoms with Crippen molar-refractivity contribution in [3.05, 3.63) is 27.8 Å². The molecule has 0 radical (unpaired) electrons. The van der Waals surface area contributed by atoms with Gasteiger partial charge < -0.3 is 4.74 Å². The third-order valence-electron chi connectivity index (χ3n) is 3.74. The molecule has 0 unspecified atom stereocenters. The number of unbranched alkanes of at least 4 members (excludes halogenated alkanes) is 1. The first-order valence-corrected chi connectivity index (χ1v) is 6.17. The minimum Gasteiger partial charge on any atom is -0.496 e. The van der Waals surface area contributed by atoms with E-state index in [0.717, 1.165) is 12.2 Å². The van der Waals surface area contributed by atoms with Crippen molar-refractivity contribution in [3.63, 3.8) is 0 Å². The number of ether oxygens (including phenoxy) is 1. The molecule has 1 rings (SSSR count). The lowest BCUT2D eigenvalue weighted by atomic mass is 9.91. The van der Waals surface area contributed by atoms with Crippen molar-refractivity contribution in [2.75, 3.05) is 7.11 Å². The summed E-state index contributed by atoms with van der Waals surface area (Å²) in [5.41, 5.74) is 6.91. The summed E-state index contributed by atoms with van der Waals surface area (Å²) in [6, 6.07) is 0. The fraction of sp³-hybridized carbons (Fsp3) is 0.600. The molecule has 1 nitrogen and oxygen atoms in total. The molecule has 0 spiro atoms. The Morgan fingerprint density at radius 1 is 0.875 bits per heavy atom. The largest absolute Gasteiger partial charge is 0.496 e. The van der Waals surface area contributed by atoms with E-state index in [9.17, 15) is 0 Å². The number of hydrogen-bond acceptors (Lipinski definition) is 1. The van der Waals surface area contributed by atoms with Gasteiger partial charge >= 0.3 is 0 Å². The van der Waals surface area contributed by atoms with E-state index in [1.54, 1.807) is 7.11 Å². The third kappa shape index (κ3) is 2.23. The van der Waals surface area contributed by atoms with E-state index >= 15 is 0 Å². The van der Waals surface area contributed by atoms with E-state index in [2.05, 4.69) is 34.6 Å². The zero-order valence-corrected chi connectivity index (χ0v) is 11.5. The smallest absolute Gasteiger partial charge is 0.125 e. The molecule has 0 saturated carbocycles. The third-order valence-corrected chi connectivity index (χ3v) is 3.74. The summed E-state index contributed by atoms with van der Waals surface area (Å²) in [5.74, 6) is 1.11. The Morgan fingerprint density at radius 2 is 1.44 bits per heavy atom. The van der Waals surface area contributed by atoms with Gasteiger partial charge in [0.1, 0.15) is 5.75 Å². The van der Waals surface area contributed by atoms with Crippen LogP contribution in [0.25, 0.3) is 0 Å². The molecule has 1 aromatic carbocycles. The molecule has 0 heterocycles. The highest BCUT2D eigenvalue weighted by molar-refractivity contribution is 5.54. The van der Waals surface area contributed by atoms with Crippen molar-refractivity contribution in [1.29, 1.82) is 0 Å². The fourth-order valence-corrected chi connectivity index (χ4v) is 2.29. The van der Waals surface area contributed by atoms with Crippen molar-refractivity contribution >= 4 is 0 Å². The molecule has 0 N–H and O–H groups in total. The summed E-state index contributed by atoms with van der Waals surface area (Å²) in [5, 5.41) is 0. The van der Waals surface area contributed by atoms with Crippen LogP contribution in [0.2, 0.25) is 0 Å². The van der Waals surface area contributed by atoms with Crippen LogP contribution in [-0.4, -0.2) is 7.11 Å². The quantitative estimate of drug-likeness (QED) is 0.736. The second-order valence-corrected chi connectivity index (χ2v) is 4.62. The van der Waals surface area contributed by atoms with Crippen LogP contribution in [-0.2, 0) is 6.42 Å². The predicted octanol–water partition coefficient (Wildman–Crippen LogP) is 4.27. The average Bonchev–Trinajstić information content (AvgIpc) is 2.29. The van der Waals surface area contributed by atoms with E-state index in [4.69, 9.17) is 4.74 Å². The van der Waals surface area contributed by atoms with Gasteiger partial charge in [0.05, 0.1) is 7.11 Å². The lowest BCUT2D eigenvalue weighted by Gasteiger charge is -2.19. The Morgan fingerprint density at radius 3 is 1.94 bits per heavy atom. The second-order valence-electron chi connectivity index (χ2n) is 4.62. The van der Waals surface area contributed by atoms with Crippen LogP contribution in [0.1, 0.15) is 47.6 Å². The van der Waals surface area contributed by atoms with Gasteiger partial charge in [-0.3, -0.25) is 0 Å². The molecule has 0 saturated heterocycles. The predicted molar refractivity (Wildman–Crippen MR) is 70.6 cm³/mol. The Kier molecular flexibility index (Phi) is 4.40. The van der Waals surface area contributed by atoms with Crippen LogP contribution in [0.3, 0.4) is 0 Å².